The number of sulfone groups is 1. The summed E-state index contributed by atoms with van der Waals surface area (Å²) < 4.78 is 27.8. The van der Waals surface area contributed by atoms with Crippen molar-refractivity contribution in [2.45, 2.75) is 23.8 Å². The second-order valence-corrected chi connectivity index (χ2v) is 7.65. The summed E-state index contributed by atoms with van der Waals surface area (Å²) in [6.45, 7) is 2.65. The summed E-state index contributed by atoms with van der Waals surface area (Å²) in [5.74, 6) is 0.0369. The van der Waals surface area contributed by atoms with Gasteiger partial charge in [-0.15, -0.1) is 0 Å². The molecule has 0 heterocycles. The molecule has 0 bridgehead atoms. The average Bonchev–Trinajstić information content (AvgIpc) is 2.13. The molecule has 2 unspecified atom stereocenters. The number of allylic oxidation sites excluding steroid dienone is 2. The molecule has 0 aromatic heterocycles. The van der Waals surface area contributed by atoms with E-state index >= 15 is 0 Å². The normalized spacial score (nSPS) is 29.6. The Morgan fingerprint density at radius 2 is 2.12 bits per heavy atom. The molecule has 0 saturated heterocycles. The van der Waals surface area contributed by atoms with E-state index in [9.17, 15) is 8.42 Å². The highest BCUT2D eigenvalue weighted by molar-refractivity contribution is 9.10. The standard InChI is InChI=1S/C11H17BrO3S/c1-3-8-15-10-6-4-5-7-11(10,12)9-16(2,13)14/h4-7,10H,3,8-9H2,1-2H3. The molecule has 0 radical (unpaired) electrons. The van der Waals surface area contributed by atoms with E-state index in [4.69, 9.17) is 4.74 Å². The summed E-state index contributed by atoms with van der Waals surface area (Å²) in [4.78, 5) is 0. The summed E-state index contributed by atoms with van der Waals surface area (Å²) in [5, 5.41) is 0. The minimum Gasteiger partial charge on any atom is -0.372 e. The molecule has 1 aliphatic rings. The van der Waals surface area contributed by atoms with E-state index in [1.165, 1.54) is 6.26 Å². The van der Waals surface area contributed by atoms with Crippen LogP contribution in [0.5, 0.6) is 0 Å². The molecule has 1 rings (SSSR count). The predicted molar refractivity (Wildman–Crippen MR) is 69.7 cm³/mol. The van der Waals surface area contributed by atoms with Crippen molar-refractivity contribution < 1.29 is 13.2 Å². The Kier molecular flexibility index (Phi) is 4.76. The van der Waals surface area contributed by atoms with Crippen LogP contribution in [0.4, 0.5) is 0 Å². The van der Waals surface area contributed by atoms with Gasteiger partial charge >= 0.3 is 0 Å². The van der Waals surface area contributed by atoms with Gasteiger partial charge in [0.25, 0.3) is 0 Å². The summed E-state index contributed by atoms with van der Waals surface area (Å²) in [6, 6.07) is 0. The van der Waals surface area contributed by atoms with Crippen LogP contribution in [0.3, 0.4) is 0 Å². The molecule has 0 aromatic carbocycles. The molecule has 5 heteroatoms. The minimum absolute atomic E-state index is 0.0369. The van der Waals surface area contributed by atoms with Crippen molar-refractivity contribution in [2.24, 2.45) is 0 Å². The van der Waals surface area contributed by atoms with Crippen molar-refractivity contribution >= 4 is 25.8 Å². The number of alkyl halides is 1. The Morgan fingerprint density at radius 3 is 2.69 bits per heavy atom. The molecule has 0 amide bonds. The molecule has 0 aromatic rings. The first-order valence-electron chi connectivity index (χ1n) is 5.21. The number of hydrogen-bond acceptors (Lipinski definition) is 3. The molecule has 0 aliphatic heterocycles. The van der Waals surface area contributed by atoms with E-state index in [0.717, 1.165) is 6.42 Å². The molecule has 16 heavy (non-hydrogen) atoms. The lowest BCUT2D eigenvalue weighted by Crippen LogP contribution is -2.42. The van der Waals surface area contributed by atoms with Gasteiger partial charge in [0.2, 0.25) is 0 Å². The smallest absolute Gasteiger partial charge is 0.149 e. The fourth-order valence-electron chi connectivity index (χ4n) is 1.61. The lowest BCUT2D eigenvalue weighted by Gasteiger charge is -2.32. The minimum atomic E-state index is -3.05. The van der Waals surface area contributed by atoms with Crippen molar-refractivity contribution in [3.8, 4) is 0 Å². The molecule has 0 fully saturated rings. The number of ether oxygens (including phenoxy) is 1. The number of halogens is 1. The van der Waals surface area contributed by atoms with Crippen LogP contribution in [0.15, 0.2) is 24.3 Å². The zero-order valence-corrected chi connectivity index (χ0v) is 11.9. The van der Waals surface area contributed by atoms with E-state index in [2.05, 4.69) is 15.9 Å². The second kappa shape index (κ2) is 5.47. The Bertz CT molecular complexity index is 386. The van der Waals surface area contributed by atoms with E-state index in [-0.39, 0.29) is 11.9 Å². The molecule has 3 nitrogen and oxygen atoms in total. The molecule has 2 atom stereocenters. The van der Waals surface area contributed by atoms with Crippen LogP contribution < -0.4 is 0 Å². The largest absolute Gasteiger partial charge is 0.372 e. The molecule has 1 aliphatic carbocycles. The number of rotatable bonds is 5. The van der Waals surface area contributed by atoms with Gasteiger partial charge in [0.05, 0.1) is 16.2 Å². The Hall–Kier alpha value is -0.130. The molecule has 0 N–H and O–H groups in total. The van der Waals surface area contributed by atoms with Crippen LogP contribution in [0.25, 0.3) is 0 Å². The summed E-state index contributed by atoms with van der Waals surface area (Å²) in [7, 11) is -3.05. The van der Waals surface area contributed by atoms with E-state index in [1.807, 2.05) is 31.2 Å². The van der Waals surface area contributed by atoms with Gasteiger partial charge in [-0.25, -0.2) is 8.42 Å². The highest BCUT2D eigenvalue weighted by atomic mass is 79.9. The highest BCUT2D eigenvalue weighted by Crippen LogP contribution is 2.32. The Morgan fingerprint density at radius 1 is 1.44 bits per heavy atom. The summed E-state index contributed by atoms with van der Waals surface area (Å²) in [6.07, 6.45) is 9.36. The third-order valence-corrected chi connectivity index (χ3v) is 4.60. The molecular weight excluding hydrogens is 292 g/mol. The third-order valence-electron chi connectivity index (χ3n) is 2.23. The maximum Gasteiger partial charge on any atom is 0.149 e. The van der Waals surface area contributed by atoms with Gasteiger partial charge in [-0.2, -0.15) is 0 Å². The van der Waals surface area contributed by atoms with Gasteiger partial charge in [-0.1, -0.05) is 47.2 Å². The fraction of sp³-hybridized carbons (Fsp3) is 0.636. The van der Waals surface area contributed by atoms with Crippen LogP contribution >= 0.6 is 15.9 Å². The van der Waals surface area contributed by atoms with Crippen LogP contribution in [0.1, 0.15) is 13.3 Å². The lowest BCUT2D eigenvalue weighted by molar-refractivity contribution is 0.0739. The topological polar surface area (TPSA) is 43.4 Å². The van der Waals surface area contributed by atoms with Crippen molar-refractivity contribution in [1.29, 1.82) is 0 Å². The van der Waals surface area contributed by atoms with E-state index < -0.39 is 14.2 Å². The summed E-state index contributed by atoms with van der Waals surface area (Å²) in [5.41, 5.74) is 0. The van der Waals surface area contributed by atoms with Gasteiger partial charge in [-0.05, 0) is 6.42 Å². The van der Waals surface area contributed by atoms with E-state index in [0.29, 0.717) is 6.61 Å². The van der Waals surface area contributed by atoms with Gasteiger partial charge in [-0.3, -0.25) is 0 Å². The zero-order chi connectivity index (χ0) is 12.2. The highest BCUT2D eigenvalue weighted by Gasteiger charge is 2.37. The average molecular weight is 309 g/mol. The maximum absolute atomic E-state index is 11.4. The van der Waals surface area contributed by atoms with Crippen LogP contribution in [0.2, 0.25) is 0 Å². The van der Waals surface area contributed by atoms with Crippen molar-refractivity contribution in [1.82, 2.24) is 0 Å². The molecule has 0 saturated carbocycles. The first-order valence-corrected chi connectivity index (χ1v) is 8.07. The van der Waals surface area contributed by atoms with Gasteiger partial charge in [0.15, 0.2) is 0 Å². The first-order chi connectivity index (χ1) is 7.37. The van der Waals surface area contributed by atoms with Crippen molar-refractivity contribution in [3.63, 3.8) is 0 Å². The lowest BCUT2D eigenvalue weighted by atomic mass is 9.99. The predicted octanol–water partition coefficient (Wildman–Crippen LogP) is 2.09. The van der Waals surface area contributed by atoms with Crippen LogP contribution in [0, 0.1) is 0 Å². The monoisotopic (exact) mass is 308 g/mol. The second-order valence-electron chi connectivity index (χ2n) is 4.03. The molecular formula is C11H17BrO3S. The van der Waals surface area contributed by atoms with Crippen molar-refractivity contribution in [3.05, 3.63) is 24.3 Å². The van der Waals surface area contributed by atoms with E-state index in [1.54, 1.807) is 0 Å². The van der Waals surface area contributed by atoms with Gasteiger partial charge in [0.1, 0.15) is 9.84 Å². The van der Waals surface area contributed by atoms with Gasteiger partial charge < -0.3 is 4.74 Å². The number of hydrogen-bond donors (Lipinski definition) is 0. The Labute approximate surface area is 106 Å². The van der Waals surface area contributed by atoms with Crippen molar-refractivity contribution in [2.75, 3.05) is 18.6 Å². The first kappa shape index (κ1) is 13.9. The van der Waals surface area contributed by atoms with Crippen LogP contribution in [-0.4, -0.2) is 37.5 Å². The van der Waals surface area contributed by atoms with Gasteiger partial charge in [0, 0.05) is 12.9 Å². The van der Waals surface area contributed by atoms with Crippen LogP contribution in [-0.2, 0) is 14.6 Å². The maximum atomic E-state index is 11.4. The SMILES string of the molecule is CCCOC1C=CC=CC1(Br)CS(C)(=O)=O. The molecule has 0 spiro atoms. The molecule has 92 valence electrons. The quantitative estimate of drug-likeness (QED) is 0.730. The Balaban J connectivity index is 2.81. The third kappa shape index (κ3) is 4.03. The summed E-state index contributed by atoms with van der Waals surface area (Å²) >= 11 is 3.49. The fourth-order valence-corrected chi connectivity index (χ4v) is 4.36. The zero-order valence-electron chi connectivity index (χ0n) is 9.52.